The van der Waals surface area contributed by atoms with Crippen LogP contribution in [0.5, 0.6) is 0 Å². The molecule has 0 bridgehead atoms. The summed E-state index contributed by atoms with van der Waals surface area (Å²) in [6, 6.07) is 8.41. The van der Waals surface area contributed by atoms with E-state index in [-0.39, 0.29) is 6.10 Å². The number of aryl methyl sites for hydroxylation is 1. The van der Waals surface area contributed by atoms with Crippen molar-refractivity contribution in [3.63, 3.8) is 0 Å². The zero-order valence-corrected chi connectivity index (χ0v) is 11.2. The number of aliphatic hydroxyl groups is 1. The van der Waals surface area contributed by atoms with E-state index < -0.39 is 0 Å². The summed E-state index contributed by atoms with van der Waals surface area (Å²) in [6.07, 6.45) is 1.93. The summed E-state index contributed by atoms with van der Waals surface area (Å²) in [7, 11) is 0. The molecule has 1 atom stereocenters. The first kappa shape index (κ1) is 13.5. The van der Waals surface area contributed by atoms with Gasteiger partial charge in [-0.15, -0.1) is 0 Å². The van der Waals surface area contributed by atoms with Gasteiger partial charge in [0.25, 0.3) is 0 Å². The Balaban J connectivity index is 1.89. The Morgan fingerprint density at radius 1 is 1.22 bits per heavy atom. The van der Waals surface area contributed by atoms with Crippen LogP contribution in [0.2, 0.25) is 0 Å². The Hall–Kier alpha value is -0.900. The Morgan fingerprint density at radius 3 is 2.50 bits per heavy atom. The lowest BCUT2D eigenvalue weighted by molar-refractivity contribution is 0.105. The van der Waals surface area contributed by atoms with Gasteiger partial charge in [0.15, 0.2) is 0 Å². The van der Waals surface area contributed by atoms with Gasteiger partial charge in [-0.3, -0.25) is 4.90 Å². The molecule has 0 aromatic heterocycles. The predicted molar refractivity (Wildman–Crippen MR) is 74.7 cm³/mol. The summed E-state index contributed by atoms with van der Waals surface area (Å²) in [5, 5.41) is 13.6. The fraction of sp³-hybridized carbons (Fsp3) is 0.600. The number of hydrogen-bond acceptors (Lipinski definition) is 3. The largest absolute Gasteiger partial charge is 0.387 e. The number of aliphatic hydroxyl groups excluding tert-OH is 1. The molecule has 0 aliphatic carbocycles. The van der Waals surface area contributed by atoms with Crippen molar-refractivity contribution in [1.82, 2.24) is 10.2 Å². The molecular formula is C15H24N2O. The third-order valence-corrected chi connectivity index (χ3v) is 3.54. The van der Waals surface area contributed by atoms with E-state index in [1.54, 1.807) is 0 Å². The molecule has 100 valence electrons. The number of piperazine rings is 1. The Bertz CT molecular complexity index is 344. The average molecular weight is 248 g/mol. The monoisotopic (exact) mass is 248 g/mol. The van der Waals surface area contributed by atoms with Gasteiger partial charge in [-0.2, -0.15) is 0 Å². The van der Waals surface area contributed by atoms with Gasteiger partial charge in [0.1, 0.15) is 0 Å². The summed E-state index contributed by atoms with van der Waals surface area (Å²) in [5.74, 6) is 0. The normalized spacial score (nSPS) is 18.8. The summed E-state index contributed by atoms with van der Waals surface area (Å²) in [4.78, 5) is 2.32. The van der Waals surface area contributed by atoms with Crippen molar-refractivity contribution in [3.05, 3.63) is 35.4 Å². The second-order valence-corrected chi connectivity index (χ2v) is 5.06. The summed E-state index contributed by atoms with van der Waals surface area (Å²) < 4.78 is 0. The summed E-state index contributed by atoms with van der Waals surface area (Å²) >= 11 is 0. The number of nitrogens with one attached hydrogen (secondary N) is 1. The van der Waals surface area contributed by atoms with E-state index in [1.807, 2.05) is 0 Å². The summed E-state index contributed by atoms with van der Waals surface area (Å²) in [5.41, 5.74) is 2.39. The number of rotatable bonds is 5. The molecule has 1 aromatic rings. The molecule has 0 amide bonds. The van der Waals surface area contributed by atoms with Gasteiger partial charge < -0.3 is 10.4 Å². The third kappa shape index (κ3) is 3.80. The molecule has 1 aromatic carbocycles. The highest BCUT2D eigenvalue weighted by atomic mass is 16.3. The van der Waals surface area contributed by atoms with E-state index in [0.29, 0.717) is 0 Å². The van der Waals surface area contributed by atoms with Gasteiger partial charge in [-0.05, 0) is 17.5 Å². The smallest absolute Gasteiger partial charge is 0.0916 e. The van der Waals surface area contributed by atoms with E-state index in [9.17, 15) is 5.11 Å². The first-order valence-electron chi connectivity index (χ1n) is 6.99. The predicted octanol–water partition coefficient (Wildman–Crippen LogP) is 1.58. The van der Waals surface area contributed by atoms with Crippen molar-refractivity contribution in [2.75, 3.05) is 32.7 Å². The van der Waals surface area contributed by atoms with Crippen LogP contribution in [0.1, 0.15) is 30.6 Å². The van der Waals surface area contributed by atoms with Crippen molar-refractivity contribution >= 4 is 0 Å². The van der Waals surface area contributed by atoms with Gasteiger partial charge in [0.2, 0.25) is 0 Å². The maximum absolute atomic E-state index is 10.2. The van der Waals surface area contributed by atoms with Crippen LogP contribution in [0.3, 0.4) is 0 Å². The molecule has 1 aliphatic heterocycles. The lowest BCUT2D eigenvalue weighted by Gasteiger charge is -2.29. The highest BCUT2D eigenvalue weighted by Crippen LogP contribution is 2.16. The minimum absolute atomic E-state index is 0.362. The van der Waals surface area contributed by atoms with Crippen molar-refractivity contribution in [3.8, 4) is 0 Å². The molecule has 1 fully saturated rings. The SMILES string of the molecule is CCCc1ccc(C(O)CN2CCNCC2)cc1. The van der Waals surface area contributed by atoms with Crippen LogP contribution in [-0.2, 0) is 6.42 Å². The zero-order chi connectivity index (χ0) is 12.8. The molecule has 0 spiro atoms. The second-order valence-electron chi connectivity index (χ2n) is 5.06. The lowest BCUT2D eigenvalue weighted by Crippen LogP contribution is -2.44. The van der Waals surface area contributed by atoms with Crippen LogP contribution in [0.4, 0.5) is 0 Å². The van der Waals surface area contributed by atoms with Gasteiger partial charge in [-0.1, -0.05) is 37.6 Å². The van der Waals surface area contributed by atoms with Crippen LogP contribution in [0.15, 0.2) is 24.3 Å². The molecule has 1 heterocycles. The number of β-amino-alcohol motifs (C(OH)–C–C–N with tert-alkyl or cyclic N) is 1. The molecule has 2 rings (SSSR count). The molecule has 18 heavy (non-hydrogen) atoms. The van der Waals surface area contributed by atoms with Crippen molar-refractivity contribution < 1.29 is 5.11 Å². The van der Waals surface area contributed by atoms with E-state index in [2.05, 4.69) is 41.4 Å². The van der Waals surface area contributed by atoms with Crippen molar-refractivity contribution in [2.24, 2.45) is 0 Å². The van der Waals surface area contributed by atoms with E-state index in [1.165, 1.54) is 12.0 Å². The highest BCUT2D eigenvalue weighted by molar-refractivity contribution is 5.24. The lowest BCUT2D eigenvalue weighted by atomic mass is 10.0. The number of nitrogens with zero attached hydrogens (tertiary/aromatic N) is 1. The van der Waals surface area contributed by atoms with Crippen molar-refractivity contribution in [1.29, 1.82) is 0 Å². The molecule has 1 aliphatic rings. The Morgan fingerprint density at radius 2 is 1.89 bits per heavy atom. The second kappa shape index (κ2) is 6.88. The quantitative estimate of drug-likeness (QED) is 0.830. The number of benzene rings is 1. The molecule has 3 nitrogen and oxygen atoms in total. The van der Waals surface area contributed by atoms with Gasteiger partial charge in [-0.25, -0.2) is 0 Å². The Labute approximate surface area is 110 Å². The minimum atomic E-state index is -0.362. The molecule has 0 saturated carbocycles. The average Bonchev–Trinajstić information content (AvgIpc) is 2.41. The fourth-order valence-electron chi connectivity index (χ4n) is 2.44. The zero-order valence-electron chi connectivity index (χ0n) is 11.2. The maximum atomic E-state index is 10.2. The van der Waals surface area contributed by atoms with Gasteiger partial charge >= 0.3 is 0 Å². The minimum Gasteiger partial charge on any atom is -0.387 e. The van der Waals surface area contributed by atoms with Gasteiger partial charge in [0, 0.05) is 32.7 Å². The van der Waals surface area contributed by atoms with Crippen LogP contribution < -0.4 is 5.32 Å². The highest BCUT2D eigenvalue weighted by Gasteiger charge is 2.15. The van der Waals surface area contributed by atoms with E-state index in [4.69, 9.17) is 0 Å². The summed E-state index contributed by atoms with van der Waals surface area (Å²) in [6.45, 7) is 7.06. The van der Waals surface area contributed by atoms with E-state index >= 15 is 0 Å². The molecular weight excluding hydrogens is 224 g/mol. The van der Waals surface area contributed by atoms with Crippen molar-refractivity contribution in [2.45, 2.75) is 25.9 Å². The molecule has 0 radical (unpaired) electrons. The van der Waals surface area contributed by atoms with E-state index in [0.717, 1.165) is 44.7 Å². The first-order chi connectivity index (χ1) is 8.79. The van der Waals surface area contributed by atoms with Gasteiger partial charge in [0.05, 0.1) is 6.10 Å². The topological polar surface area (TPSA) is 35.5 Å². The first-order valence-corrected chi connectivity index (χ1v) is 6.99. The standard InChI is InChI=1S/C15H24N2O/c1-2-3-13-4-6-14(7-5-13)15(18)12-17-10-8-16-9-11-17/h4-7,15-16,18H,2-3,8-12H2,1H3. The van der Waals surface area contributed by atoms with Crippen LogP contribution >= 0.6 is 0 Å². The fourth-order valence-corrected chi connectivity index (χ4v) is 2.44. The Kier molecular flexibility index (Phi) is 5.17. The number of hydrogen-bond donors (Lipinski definition) is 2. The van der Waals surface area contributed by atoms with Crippen LogP contribution in [-0.4, -0.2) is 42.7 Å². The molecule has 1 saturated heterocycles. The molecule has 1 unspecified atom stereocenters. The molecule has 2 N–H and O–H groups in total. The maximum Gasteiger partial charge on any atom is 0.0916 e. The van der Waals surface area contributed by atoms with Crippen LogP contribution in [0.25, 0.3) is 0 Å². The molecule has 3 heteroatoms. The van der Waals surface area contributed by atoms with Crippen LogP contribution in [0, 0.1) is 0 Å². The third-order valence-electron chi connectivity index (χ3n) is 3.54.